The van der Waals surface area contributed by atoms with Crippen LogP contribution < -0.4 is 5.32 Å². The van der Waals surface area contributed by atoms with Crippen molar-refractivity contribution in [2.45, 2.75) is 39.2 Å². The van der Waals surface area contributed by atoms with Crippen LogP contribution in [0.25, 0.3) is 0 Å². The maximum Gasteiger partial charge on any atom is 0.332 e. The average Bonchev–Trinajstić information content (AvgIpc) is 2.19. The van der Waals surface area contributed by atoms with E-state index >= 15 is 0 Å². The second-order valence-electron chi connectivity index (χ2n) is 4.66. The Morgan fingerprint density at radius 2 is 2.13 bits per heavy atom. The van der Waals surface area contributed by atoms with Crippen LogP contribution in [0.4, 0.5) is 0 Å². The van der Waals surface area contributed by atoms with Crippen molar-refractivity contribution in [3.05, 3.63) is 12.2 Å². The molecule has 0 radical (unpaired) electrons. The molecule has 0 aromatic carbocycles. The molecular weight excluding hydrogens is 190 g/mol. The Bertz CT molecular complexity index is 250. The fraction of sp³-hybridized carbons (Fsp3) is 0.750. The van der Waals surface area contributed by atoms with E-state index in [1.54, 1.807) is 0 Å². The molecule has 15 heavy (non-hydrogen) atoms. The molecule has 0 aromatic rings. The lowest BCUT2D eigenvalue weighted by atomic mass is 9.78. The van der Waals surface area contributed by atoms with E-state index in [9.17, 15) is 4.79 Å². The van der Waals surface area contributed by atoms with Crippen molar-refractivity contribution in [1.82, 2.24) is 5.32 Å². The fourth-order valence-corrected chi connectivity index (χ4v) is 2.20. The first kappa shape index (κ1) is 12.2. The van der Waals surface area contributed by atoms with Crippen LogP contribution in [0.3, 0.4) is 0 Å². The van der Waals surface area contributed by atoms with Gasteiger partial charge in [0.05, 0.1) is 0 Å². The van der Waals surface area contributed by atoms with E-state index in [4.69, 9.17) is 5.11 Å². The van der Waals surface area contributed by atoms with Crippen molar-refractivity contribution in [2.75, 3.05) is 6.54 Å². The van der Waals surface area contributed by atoms with Gasteiger partial charge in [-0.1, -0.05) is 33.3 Å². The first-order valence-electron chi connectivity index (χ1n) is 5.66. The smallest absolute Gasteiger partial charge is 0.332 e. The van der Waals surface area contributed by atoms with Crippen LogP contribution in [0, 0.1) is 11.8 Å². The summed E-state index contributed by atoms with van der Waals surface area (Å²) in [5, 5.41) is 12.0. The summed E-state index contributed by atoms with van der Waals surface area (Å²) in [6.07, 6.45) is 3.68. The van der Waals surface area contributed by atoms with Crippen molar-refractivity contribution in [1.29, 1.82) is 0 Å². The van der Waals surface area contributed by atoms with Gasteiger partial charge < -0.3 is 10.4 Å². The van der Waals surface area contributed by atoms with Crippen molar-refractivity contribution < 1.29 is 9.90 Å². The molecule has 3 heteroatoms. The Balaban J connectivity index is 2.37. The summed E-state index contributed by atoms with van der Waals surface area (Å²) in [4.78, 5) is 10.6. The topological polar surface area (TPSA) is 49.3 Å². The van der Waals surface area contributed by atoms with Crippen LogP contribution in [0.1, 0.15) is 33.1 Å². The maximum atomic E-state index is 10.6. The van der Waals surface area contributed by atoms with Crippen LogP contribution in [-0.2, 0) is 4.79 Å². The molecule has 3 nitrogen and oxygen atoms in total. The molecule has 3 unspecified atom stereocenters. The van der Waals surface area contributed by atoms with E-state index in [1.807, 2.05) is 0 Å². The second kappa shape index (κ2) is 5.31. The molecule has 2 N–H and O–H groups in total. The van der Waals surface area contributed by atoms with Crippen molar-refractivity contribution in [3.8, 4) is 0 Å². The van der Waals surface area contributed by atoms with Crippen LogP contribution in [-0.4, -0.2) is 23.7 Å². The van der Waals surface area contributed by atoms with Gasteiger partial charge in [-0.15, -0.1) is 0 Å². The van der Waals surface area contributed by atoms with Crippen LogP contribution in [0.15, 0.2) is 12.2 Å². The summed E-state index contributed by atoms with van der Waals surface area (Å²) in [7, 11) is 0. The van der Waals surface area contributed by atoms with Gasteiger partial charge in [0.2, 0.25) is 0 Å². The Morgan fingerprint density at radius 3 is 2.73 bits per heavy atom. The lowest BCUT2D eigenvalue weighted by Crippen LogP contribution is -2.41. The molecule has 0 saturated heterocycles. The molecule has 0 bridgehead atoms. The standard InChI is InChI=1S/C12H21NO2/c1-8-5-4-6-11(10(8)3)13-7-9(2)12(14)15/h8,10-11,13H,2,4-7H2,1,3H3,(H,14,15). The third kappa shape index (κ3) is 3.34. The van der Waals surface area contributed by atoms with E-state index in [1.165, 1.54) is 12.8 Å². The van der Waals surface area contributed by atoms with Crippen LogP contribution in [0.2, 0.25) is 0 Å². The van der Waals surface area contributed by atoms with Gasteiger partial charge in [0.15, 0.2) is 0 Å². The summed E-state index contributed by atoms with van der Waals surface area (Å²) in [5.74, 6) is 0.452. The van der Waals surface area contributed by atoms with Crippen molar-refractivity contribution >= 4 is 5.97 Å². The quantitative estimate of drug-likeness (QED) is 0.700. The molecule has 0 spiro atoms. The van der Waals surface area contributed by atoms with E-state index in [0.29, 0.717) is 18.5 Å². The molecule has 0 heterocycles. The second-order valence-corrected chi connectivity index (χ2v) is 4.66. The SMILES string of the molecule is C=C(CNC1CCCC(C)C1C)C(=O)O. The zero-order valence-electron chi connectivity index (χ0n) is 9.62. The van der Waals surface area contributed by atoms with E-state index in [0.717, 1.165) is 12.3 Å². The highest BCUT2D eigenvalue weighted by atomic mass is 16.4. The fourth-order valence-electron chi connectivity index (χ4n) is 2.20. The van der Waals surface area contributed by atoms with Crippen molar-refractivity contribution in [3.63, 3.8) is 0 Å². The third-order valence-electron chi connectivity index (χ3n) is 3.59. The highest BCUT2D eigenvalue weighted by molar-refractivity contribution is 5.86. The minimum Gasteiger partial charge on any atom is -0.478 e. The minimum atomic E-state index is -0.904. The van der Waals surface area contributed by atoms with Gasteiger partial charge >= 0.3 is 5.97 Å². The predicted molar refractivity (Wildman–Crippen MR) is 60.7 cm³/mol. The Morgan fingerprint density at radius 1 is 1.47 bits per heavy atom. The number of hydrogen-bond acceptors (Lipinski definition) is 2. The van der Waals surface area contributed by atoms with E-state index < -0.39 is 5.97 Å². The number of hydrogen-bond donors (Lipinski definition) is 2. The first-order chi connectivity index (χ1) is 7.02. The number of carboxylic acid groups (broad SMARTS) is 1. The highest BCUT2D eigenvalue weighted by Gasteiger charge is 2.26. The Hall–Kier alpha value is -0.830. The lowest BCUT2D eigenvalue weighted by Gasteiger charge is -2.34. The Kier molecular flexibility index (Phi) is 4.33. The average molecular weight is 211 g/mol. The van der Waals surface area contributed by atoms with Gasteiger partial charge in [0, 0.05) is 18.2 Å². The van der Waals surface area contributed by atoms with Gasteiger partial charge in [0.1, 0.15) is 0 Å². The summed E-state index contributed by atoms with van der Waals surface area (Å²) in [5.41, 5.74) is 0.250. The number of aliphatic carboxylic acids is 1. The van der Waals surface area contributed by atoms with Gasteiger partial charge in [-0.05, 0) is 18.3 Å². The number of carbonyl (C=O) groups is 1. The molecule has 1 saturated carbocycles. The molecule has 0 aromatic heterocycles. The van der Waals surface area contributed by atoms with E-state index in [-0.39, 0.29) is 5.57 Å². The summed E-state index contributed by atoms with van der Waals surface area (Å²) >= 11 is 0. The van der Waals surface area contributed by atoms with Gasteiger partial charge in [-0.3, -0.25) is 0 Å². The molecular formula is C12H21NO2. The largest absolute Gasteiger partial charge is 0.478 e. The molecule has 1 aliphatic rings. The van der Waals surface area contributed by atoms with Gasteiger partial charge in [0.25, 0.3) is 0 Å². The Labute approximate surface area is 91.6 Å². The molecule has 0 amide bonds. The molecule has 0 aliphatic heterocycles. The number of carboxylic acids is 1. The minimum absolute atomic E-state index is 0.250. The number of nitrogens with one attached hydrogen (secondary N) is 1. The summed E-state index contributed by atoms with van der Waals surface area (Å²) < 4.78 is 0. The third-order valence-corrected chi connectivity index (χ3v) is 3.59. The van der Waals surface area contributed by atoms with Gasteiger partial charge in [-0.2, -0.15) is 0 Å². The maximum absolute atomic E-state index is 10.6. The lowest BCUT2D eigenvalue weighted by molar-refractivity contribution is -0.132. The van der Waals surface area contributed by atoms with E-state index in [2.05, 4.69) is 25.7 Å². The molecule has 1 aliphatic carbocycles. The molecule has 3 atom stereocenters. The van der Waals surface area contributed by atoms with Crippen LogP contribution in [0.5, 0.6) is 0 Å². The monoisotopic (exact) mass is 211 g/mol. The zero-order chi connectivity index (χ0) is 11.4. The normalized spacial score (nSPS) is 31.2. The number of rotatable bonds is 4. The molecule has 1 rings (SSSR count). The van der Waals surface area contributed by atoms with Crippen molar-refractivity contribution in [2.24, 2.45) is 11.8 Å². The highest BCUT2D eigenvalue weighted by Crippen LogP contribution is 2.29. The zero-order valence-corrected chi connectivity index (χ0v) is 9.62. The molecule has 86 valence electrons. The predicted octanol–water partition coefficient (Wildman–Crippen LogP) is 2.04. The summed E-state index contributed by atoms with van der Waals surface area (Å²) in [6.45, 7) is 8.43. The summed E-state index contributed by atoms with van der Waals surface area (Å²) in [6, 6.07) is 0.449. The van der Waals surface area contributed by atoms with Crippen LogP contribution >= 0.6 is 0 Å². The first-order valence-corrected chi connectivity index (χ1v) is 5.66. The van der Waals surface area contributed by atoms with Gasteiger partial charge in [-0.25, -0.2) is 4.79 Å². The molecule has 1 fully saturated rings.